The third-order valence-electron chi connectivity index (χ3n) is 3.47. The van der Waals surface area contributed by atoms with Gasteiger partial charge in [0.15, 0.2) is 0 Å². The van der Waals surface area contributed by atoms with E-state index in [1.54, 1.807) is 23.0 Å². The van der Waals surface area contributed by atoms with Gasteiger partial charge in [-0.2, -0.15) is 13.2 Å². The van der Waals surface area contributed by atoms with Crippen LogP contribution in [-0.4, -0.2) is 9.55 Å². The van der Waals surface area contributed by atoms with Gasteiger partial charge in [0.1, 0.15) is 11.6 Å². The SMILES string of the molecule is Fc1cc(Br)cc(-c2nccn2Cc2ccc(C(F)(F)F)cc2)c1. The van der Waals surface area contributed by atoms with Gasteiger partial charge in [-0.15, -0.1) is 0 Å². The highest BCUT2D eigenvalue weighted by Gasteiger charge is 2.29. The number of hydrogen-bond acceptors (Lipinski definition) is 1. The fourth-order valence-corrected chi connectivity index (χ4v) is 2.84. The first-order valence-corrected chi connectivity index (χ1v) is 7.76. The van der Waals surface area contributed by atoms with Gasteiger partial charge < -0.3 is 4.57 Å². The van der Waals surface area contributed by atoms with Gasteiger partial charge in [0.05, 0.1) is 5.56 Å². The molecule has 0 amide bonds. The van der Waals surface area contributed by atoms with Crippen molar-refractivity contribution in [3.8, 4) is 11.4 Å². The number of alkyl halides is 3. The fraction of sp³-hybridized carbons (Fsp3) is 0.118. The summed E-state index contributed by atoms with van der Waals surface area (Å²) in [6, 6.07) is 9.37. The van der Waals surface area contributed by atoms with Crippen molar-refractivity contribution in [2.75, 3.05) is 0 Å². The first kappa shape index (κ1) is 16.7. The first-order valence-electron chi connectivity index (χ1n) is 6.97. The summed E-state index contributed by atoms with van der Waals surface area (Å²) in [7, 11) is 0. The van der Waals surface area contributed by atoms with Crippen LogP contribution in [0.5, 0.6) is 0 Å². The van der Waals surface area contributed by atoms with Crippen molar-refractivity contribution in [1.82, 2.24) is 9.55 Å². The molecule has 2 aromatic carbocycles. The van der Waals surface area contributed by atoms with Gasteiger partial charge in [-0.25, -0.2) is 9.37 Å². The molecule has 0 saturated carbocycles. The van der Waals surface area contributed by atoms with Gasteiger partial charge in [-0.05, 0) is 35.9 Å². The molecule has 0 N–H and O–H groups in total. The summed E-state index contributed by atoms with van der Waals surface area (Å²) in [6.07, 6.45) is -1.09. The van der Waals surface area contributed by atoms with E-state index < -0.39 is 17.6 Å². The lowest BCUT2D eigenvalue weighted by atomic mass is 10.1. The zero-order chi connectivity index (χ0) is 17.3. The number of nitrogens with zero attached hydrogens (tertiary/aromatic N) is 2. The van der Waals surface area contributed by atoms with Gasteiger partial charge >= 0.3 is 6.18 Å². The van der Waals surface area contributed by atoms with Gasteiger partial charge in [0.2, 0.25) is 0 Å². The third-order valence-corrected chi connectivity index (χ3v) is 3.93. The van der Waals surface area contributed by atoms with Crippen LogP contribution in [0.4, 0.5) is 17.6 Å². The highest BCUT2D eigenvalue weighted by molar-refractivity contribution is 9.10. The van der Waals surface area contributed by atoms with E-state index >= 15 is 0 Å². The molecular weight excluding hydrogens is 388 g/mol. The zero-order valence-corrected chi connectivity index (χ0v) is 13.8. The lowest BCUT2D eigenvalue weighted by molar-refractivity contribution is -0.137. The largest absolute Gasteiger partial charge is 0.416 e. The van der Waals surface area contributed by atoms with E-state index in [2.05, 4.69) is 20.9 Å². The second-order valence-electron chi connectivity index (χ2n) is 5.23. The Balaban J connectivity index is 1.88. The molecule has 3 aromatic rings. The van der Waals surface area contributed by atoms with Crippen LogP contribution in [0.25, 0.3) is 11.4 Å². The molecule has 0 bridgehead atoms. The molecule has 0 unspecified atom stereocenters. The summed E-state index contributed by atoms with van der Waals surface area (Å²) in [5.41, 5.74) is 0.586. The Kier molecular flexibility index (Phi) is 4.45. The number of hydrogen-bond donors (Lipinski definition) is 0. The molecule has 1 heterocycles. The molecule has 0 spiro atoms. The van der Waals surface area contributed by atoms with E-state index in [1.165, 1.54) is 24.3 Å². The first-order chi connectivity index (χ1) is 11.3. The average Bonchev–Trinajstić information content (AvgIpc) is 2.94. The molecule has 0 fully saturated rings. The van der Waals surface area contributed by atoms with E-state index in [0.29, 0.717) is 28.0 Å². The topological polar surface area (TPSA) is 17.8 Å². The molecule has 7 heteroatoms. The van der Waals surface area contributed by atoms with Crippen LogP contribution < -0.4 is 0 Å². The molecule has 24 heavy (non-hydrogen) atoms. The maximum Gasteiger partial charge on any atom is 0.416 e. The second kappa shape index (κ2) is 6.39. The molecule has 0 radical (unpaired) electrons. The lowest BCUT2D eigenvalue weighted by Gasteiger charge is -2.10. The molecule has 0 aliphatic heterocycles. The highest BCUT2D eigenvalue weighted by Crippen LogP contribution is 2.29. The van der Waals surface area contributed by atoms with Crippen molar-refractivity contribution in [2.45, 2.75) is 12.7 Å². The normalized spacial score (nSPS) is 11.7. The van der Waals surface area contributed by atoms with E-state index in [9.17, 15) is 17.6 Å². The minimum absolute atomic E-state index is 0.335. The number of aromatic nitrogens is 2. The molecule has 0 aliphatic rings. The Morgan fingerprint density at radius 2 is 1.75 bits per heavy atom. The Labute approximate surface area is 143 Å². The van der Waals surface area contributed by atoms with Crippen molar-refractivity contribution in [3.63, 3.8) is 0 Å². The maximum absolute atomic E-state index is 13.6. The van der Waals surface area contributed by atoms with Gasteiger partial charge in [0, 0.05) is 29.0 Å². The lowest BCUT2D eigenvalue weighted by Crippen LogP contribution is -2.06. The summed E-state index contributed by atoms with van der Waals surface area (Å²) < 4.78 is 53.7. The summed E-state index contributed by atoms with van der Waals surface area (Å²) in [5.74, 6) is 0.138. The van der Waals surface area contributed by atoms with Gasteiger partial charge in [-0.3, -0.25) is 0 Å². The van der Waals surface area contributed by atoms with Crippen molar-refractivity contribution in [1.29, 1.82) is 0 Å². The molecule has 3 rings (SSSR count). The quantitative estimate of drug-likeness (QED) is 0.531. The molecule has 124 valence electrons. The van der Waals surface area contributed by atoms with E-state index in [0.717, 1.165) is 12.1 Å². The minimum atomic E-state index is -4.35. The number of benzene rings is 2. The van der Waals surface area contributed by atoms with E-state index in [4.69, 9.17) is 0 Å². The second-order valence-corrected chi connectivity index (χ2v) is 6.15. The molecule has 0 aliphatic carbocycles. The molecular formula is C17H11BrF4N2. The standard InChI is InChI=1S/C17H11BrF4N2/c18-14-7-12(8-15(19)9-14)16-23-5-6-24(16)10-11-1-3-13(4-2-11)17(20,21)22/h1-9H,10H2. The van der Waals surface area contributed by atoms with Crippen LogP contribution in [0.15, 0.2) is 59.3 Å². The highest BCUT2D eigenvalue weighted by atomic mass is 79.9. The minimum Gasteiger partial charge on any atom is -0.327 e. The van der Waals surface area contributed by atoms with E-state index in [1.807, 2.05) is 0 Å². The molecule has 1 aromatic heterocycles. The maximum atomic E-state index is 13.6. The number of halogens is 5. The van der Waals surface area contributed by atoms with E-state index in [-0.39, 0.29) is 0 Å². The van der Waals surface area contributed by atoms with Crippen LogP contribution in [0.3, 0.4) is 0 Å². The number of rotatable bonds is 3. The Morgan fingerprint density at radius 3 is 2.38 bits per heavy atom. The Morgan fingerprint density at radius 1 is 1.04 bits per heavy atom. The predicted molar refractivity (Wildman–Crippen MR) is 85.9 cm³/mol. The predicted octanol–water partition coefficient (Wildman–Crippen LogP) is 5.52. The number of imidazole rings is 1. The zero-order valence-electron chi connectivity index (χ0n) is 12.2. The molecule has 0 atom stereocenters. The van der Waals surface area contributed by atoms with Crippen molar-refractivity contribution >= 4 is 15.9 Å². The summed E-state index contributed by atoms with van der Waals surface area (Å²) in [6.45, 7) is 0.335. The van der Waals surface area contributed by atoms with Crippen LogP contribution in [0, 0.1) is 5.82 Å². The van der Waals surface area contributed by atoms with Crippen molar-refractivity contribution in [2.24, 2.45) is 0 Å². The summed E-state index contributed by atoms with van der Waals surface area (Å²) in [5, 5.41) is 0. The van der Waals surface area contributed by atoms with Gasteiger partial charge in [-0.1, -0.05) is 28.1 Å². The van der Waals surface area contributed by atoms with Crippen molar-refractivity contribution < 1.29 is 17.6 Å². The van der Waals surface area contributed by atoms with Crippen LogP contribution in [0.2, 0.25) is 0 Å². The Bertz CT molecular complexity index is 834. The third kappa shape index (κ3) is 3.67. The average molecular weight is 399 g/mol. The molecule has 2 nitrogen and oxygen atoms in total. The molecule has 0 saturated heterocycles. The van der Waals surface area contributed by atoms with Crippen LogP contribution >= 0.6 is 15.9 Å². The van der Waals surface area contributed by atoms with Crippen LogP contribution in [0.1, 0.15) is 11.1 Å². The Hall–Kier alpha value is -2.15. The monoisotopic (exact) mass is 398 g/mol. The van der Waals surface area contributed by atoms with Crippen molar-refractivity contribution in [3.05, 3.63) is 76.3 Å². The summed E-state index contributed by atoms with van der Waals surface area (Å²) >= 11 is 3.23. The smallest absolute Gasteiger partial charge is 0.327 e. The van der Waals surface area contributed by atoms with Gasteiger partial charge in [0.25, 0.3) is 0 Å². The fourth-order valence-electron chi connectivity index (χ4n) is 2.38. The summed E-state index contributed by atoms with van der Waals surface area (Å²) in [4.78, 5) is 4.22. The van der Waals surface area contributed by atoms with Crippen LogP contribution in [-0.2, 0) is 12.7 Å².